The molecule has 0 spiro atoms. The van der Waals surface area contributed by atoms with Crippen LogP contribution >= 0.6 is 27.5 Å². The summed E-state index contributed by atoms with van der Waals surface area (Å²) in [7, 11) is 1.55. The van der Waals surface area contributed by atoms with Gasteiger partial charge in [-0.3, -0.25) is 0 Å². The van der Waals surface area contributed by atoms with E-state index in [4.69, 9.17) is 4.74 Å². The maximum absolute atomic E-state index is 14.1. The number of nitrogens with zero attached hydrogens (tertiary/aromatic N) is 3. The zero-order valence-corrected chi connectivity index (χ0v) is 14.4. The fourth-order valence-corrected chi connectivity index (χ4v) is 3.68. The number of rotatable bonds is 2. The second-order valence-electron chi connectivity index (χ2n) is 5.86. The largest absolute Gasteiger partial charge is 0.495 e. The Hall–Kier alpha value is -1.21. The number of hydrogen-bond donors (Lipinski definition) is 0. The van der Waals surface area contributed by atoms with Crippen molar-refractivity contribution in [1.82, 2.24) is 8.94 Å². The first kappa shape index (κ1) is 14.7. The van der Waals surface area contributed by atoms with Gasteiger partial charge in [-0.15, -0.1) is 0 Å². The van der Waals surface area contributed by atoms with Crippen molar-refractivity contribution in [3.63, 3.8) is 0 Å². The van der Waals surface area contributed by atoms with E-state index in [1.165, 1.54) is 17.6 Å². The first-order chi connectivity index (χ1) is 9.89. The van der Waals surface area contributed by atoms with Gasteiger partial charge in [-0.25, -0.2) is 9.38 Å². The molecule has 1 aromatic heterocycles. The summed E-state index contributed by atoms with van der Waals surface area (Å²) >= 11 is 4.56. The highest BCUT2D eigenvalue weighted by Gasteiger charge is 2.30. The molecule has 7 heteroatoms. The summed E-state index contributed by atoms with van der Waals surface area (Å²) in [5.74, 6) is 1.19. The molecule has 0 atom stereocenters. The molecule has 0 aliphatic carbocycles. The van der Waals surface area contributed by atoms with Crippen LogP contribution < -0.4 is 9.54 Å². The number of fused-ring (bicyclic) bond motifs is 1. The van der Waals surface area contributed by atoms with Gasteiger partial charge in [0.15, 0.2) is 0 Å². The second-order valence-corrected chi connectivity index (χ2v) is 7.44. The van der Waals surface area contributed by atoms with E-state index in [-0.39, 0.29) is 16.9 Å². The Morgan fingerprint density at radius 1 is 1.48 bits per heavy atom. The zero-order chi connectivity index (χ0) is 15.2. The highest BCUT2D eigenvalue weighted by Crippen LogP contribution is 2.33. The molecule has 0 saturated heterocycles. The Morgan fingerprint density at radius 2 is 2.24 bits per heavy atom. The minimum absolute atomic E-state index is 0.177. The molecule has 2 aromatic rings. The summed E-state index contributed by atoms with van der Waals surface area (Å²) in [6.07, 6.45) is 0.922. The monoisotopic (exact) mass is 371 g/mol. The molecule has 0 amide bonds. The summed E-state index contributed by atoms with van der Waals surface area (Å²) < 4.78 is 26.3. The summed E-state index contributed by atoms with van der Waals surface area (Å²) in [6.45, 7) is 5.24. The lowest BCUT2D eigenvalue weighted by Gasteiger charge is -2.14. The van der Waals surface area contributed by atoms with Crippen molar-refractivity contribution in [3.8, 4) is 5.75 Å². The predicted octanol–water partition coefficient (Wildman–Crippen LogP) is 3.67. The van der Waals surface area contributed by atoms with Gasteiger partial charge in [0.05, 0.1) is 11.6 Å². The molecule has 3 rings (SSSR count). The van der Waals surface area contributed by atoms with E-state index in [0.29, 0.717) is 10.2 Å². The van der Waals surface area contributed by atoms with Crippen LogP contribution in [0.3, 0.4) is 0 Å². The summed E-state index contributed by atoms with van der Waals surface area (Å²) in [4.78, 5) is 5.15. The lowest BCUT2D eigenvalue weighted by molar-refractivity contribution is 0.356. The molecule has 1 aliphatic heterocycles. The van der Waals surface area contributed by atoms with Gasteiger partial charge in [-0.1, -0.05) is 13.8 Å². The van der Waals surface area contributed by atoms with Crippen molar-refractivity contribution in [2.45, 2.75) is 26.8 Å². The van der Waals surface area contributed by atoms with Crippen LogP contribution in [0.5, 0.6) is 5.75 Å². The van der Waals surface area contributed by atoms with Gasteiger partial charge >= 0.3 is 0 Å². The maximum atomic E-state index is 14.1. The fraction of sp³-hybridized carbons (Fsp3) is 0.429. The molecule has 0 saturated carbocycles. The van der Waals surface area contributed by atoms with Gasteiger partial charge in [-0.05, 0) is 27.4 Å². The van der Waals surface area contributed by atoms with Crippen LogP contribution in [0.2, 0.25) is 0 Å². The van der Waals surface area contributed by atoms with E-state index in [1.807, 2.05) is 0 Å². The molecule has 0 unspecified atom stereocenters. The molecule has 0 bridgehead atoms. The van der Waals surface area contributed by atoms with E-state index in [1.54, 1.807) is 13.2 Å². The lowest BCUT2D eigenvalue weighted by Crippen LogP contribution is -2.19. The fourth-order valence-electron chi connectivity index (χ4n) is 2.45. The highest BCUT2D eigenvalue weighted by atomic mass is 79.9. The quantitative estimate of drug-likeness (QED) is 0.807. The second kappa shape index (κ2) is 5.21. The van der Waals surface area contributed by atoms with Crippen molar-refractivity contribution in [2.75, 3.05) is 7.11 Å². The van der Waals surface area contributed by atoms with Crippen molar-refractivity contribution in [1.29, 1.82) is 0 Å². The molecule has 112 valence electrons. The highest BCUT2D eigenvalue weighted by molar-refractivity contribution is 9.10. The molecule has 1 aliphatic rings. The Morgan fingerprint density at radius 3 is 2.95 bits per heavy atom. The predicted molar refractivity (Wildman–Crippen MR) is 83.5 cm³/mol. The first-order valence-corrected chi connectivity index (χ1v) is 8.09. The van der Waals surface area contributed by atoms with Crippen molar-refractivity contribution < 1.29 is 9.13 Å². The van der Waals surface area contributed by atoms with Crippen LogP contribution in [-0.4, -0.2) is 16.1 Å². The van der Waals surface area contributed by atoms with E-state index in [2.05, 4.69) is 43.7 Å². The third-order valence-corrected chi connectivity index (χ3v) is 4.83. The van der Waals surface area contributed by atoms with E-state index in [9.17, 15) is 4.39 Å². The Kier molecular flexibility index (Phi) is 3.65. The van der Waals surface area contributed by atoms with Gasteiger partial charge in [-0.2, -0.15) is 4.37 Å². The molecule has 4 nitrogen and oxygen atoms in total. The molecule has 0 fully saturated rings. The average Bonchev–Trinajstić information content (AvgIpc) is 2.89. The Balaban J connectivity index is 2.09. The topological polar surface area (TPSA) is 39.4 Å². The molecule has 1 aromatic carbocycles. The third-order valence-electron chi connectivity index (χ3n) is 3.44. The molecular weight excluding hydrogens is 357 g/mol. The number of hydrogen-bond acceptors (Lipinski definition) is 4. The van der Waals surface area contributed by atoms with E-state index < -0.39 is 0 Å². The third kappa shape index (κ3) is 2.76. The Bertz CT molecular complexity index is 766. The van der Waals surface area contributed by atoms with Gasteiger partial charge in [0.25, 0.3) is 0 Å². The van der Waals surface area contributed by atoms with Crippen LogP contribution in [0.1, 0.15) is 19.7 Å². The minimum Gasteiger partial charge on any atom is -0.495 e. The van der Waals surface area contributed by atoms with E-state index in [0.717, 1.165) is 23.6 Å². The maximum Gasteiger partial charge on any atom is 0.209 e. The van der Waals surface area contributed by atoms with Crippen LogP contribution in [0, 0.1) is 11.2 Å². The minimum atomic E-state index is -0.386. The normalized spacial score (nSPS) is 17.1. The summed E-state index contributed by atoms with van der Waals surface area (Å²) in [5.41, 5.74) is 0.440. The number of halogens is 2. The van der Waals surface area contributed by atoms with Crippen LogP contribution in [0.4, 0.5) is 10.1 Å². The van der Waals surface area contributed by atoms with Gasteiger partial charge in [0.2, 0.25) is 4.80 Å². The molecule has 2 heterocycles. The summed E-state index contributed by atoms with van der Waals surface area (Å²) in [6, 6.07) is 2.96. The number of ether oxygens (including phenoxy) is 1. The number of benzene rings is 1. The molecule has 21 heavy (non-hydrogen) atoms. The van der Waals surface area contributed by atoms with Crippen LogP contribution in [0.25, 0.3) is 0 Å². The SMILES string of the molecule is COc1cc(N=c2snc3n2CC(C)(C)C3)c(F)cc1Br. The number of methoxy groups -OCH3 is 1. The van der Waals surface area contributed by atoms with Crippen LogP contribution in [-0.2, 0) is 13.0 Å². The first-order valence-electron chi connectivity index (χ1n) is 6.53. The average molecular weight is 372 g/mol. The van der Waals surface area contributed by atoms with Gasteiger partial charge < -0.3 is 9.30 Å². The summed E-state index contributed by atoms with van der Waals surface area (Å²) in [5, 5.41) is 0. The Labute approximate surface area is 134 Å². The lowest BCUT2D eigenvalue weighted by atomic mass is 9.92. The number of aromatic nitrogens is 2. The van der Waals surface area contributed by atoms with Crippen molar-refractivity contribution >= 4 is 33.1 Å². The van der Waals surface area contributed by atoms with E-state index >= 15 is 0 Å². The van der Waals surface area contributed by atoms with Gasteiger partial charge in [0, 0.05) is 30.6 Å². The van der Waals surface area contributed by atoms with Crippen molar-refractivity contribution in [2.24, 2.45) is 10.4 Å². The zero-order valence-electron chi connectivity index (χ0n) is 12.0. The van der Waals surface area contributed by atoms with Crippen molar-refractivity contribution in [3.05, 3.63) is 33.0 Å². The smallest absolute Gasteiger partial charge is 0.209 e. The molecule has 0 N–H and O–H groups in total. The standard InChI is InChI=1S/C14H15BrFN3OS/c1-14(2)6-12-18-21-13(19(12)7-14)17-10-5-11(20-3)8(15)4-9(10)16/h4-5H,6-7H2,1-3H3. The molecule has 0 radical (unpaired) electrons. The van der Waals surface area contributed by atoms with Gasteiger partial charge in [0.1, 0.15) is 23.1 Å². The molecular formula is C14H15BrFN3OS. The van der Waals surface area contributed by atoms with Crippen LogP contribution in [0.15, 0.2) is 21.6 Å².